The van der Waals surface area contributed by atoms with Gasteiger partial charge in [-0.05, 0) is 40.3 Å². The summed E-state index contributed by atoms with van der Waals surface area (Å²) in [5.41, 5.74) is 1.92. The van der Waals surface area contributed by atoms with Crippen molar-refractivity contribution >= 4 is 16.8 Å². The van der Waals surface area contributed by atoms with E-state index in [4.69, 9.17) is 4.74 Å². The fourth-order valence-corrected chi connectivity index (χ4v) is 3.24. The zero-order valence-electron chi connectivity index (χ0n) is 15.4. The summed E-state index contributed by atoms with van der Waals surface area (Å²) in [4.78, 5) is 12.9. The number of nitrogens with one attached hydrogen (secondary N) is 1. The van der Waals surface area contributed by atoms with Crippen LogP contribution in [0.3, 0.4) is 0 Å². The van der Waals surface area contributed by atoms with Crippen LogP contribution < -0.4 is 10.1 Å². The van der Waals surface area contributed by atoms with E-state index in [9.17, 15) is 4.79 Å². The number of carbonyl (C=O) groups excluding carboxylic acids is 1. The predicted octanol–water partition coefficient (Wildman–Crippen LogP) is 2.04. The molecule has 0 spiro atoms. The molecule has 0 radical (unpaired) electrons. The molecule has 28 heavy (non-hydrogen) atoms. The highest BCUT2D eigenvalue weighted by Crippen LogP contribution is 2.22. The highest BCUT2D eigenvalue weighted by Gasteiger charge is 2.23. The Morgan fingerprint density at radius 3 is 2.79 bits per heavy atom. The molecule has 1 amide bonds. The van der Waals surface area contributed by atoms with E-state index in [2.05, 4.69) is 25.4 Å². The van der Waals surface area contributed by atoms with Crippen LogP contribution in [0.25, 0.3) is 10.9 Å². The third-order valence-electron chi connectivity index (χ3n) is 4.62. The Labute approximate surface area is 161 Å². The number of ether oxygens (including phenoxy) is 1. The molecular formula is C20H20N6O2. The fourth-order valence-electron chi connectivity index (χ4n) is 3.24. The molecule has 0 aliphatic rings. The molecule has 4 rings (SSSR count). The monoisotopic (exact) mass is 376 g/mol. The van der Waals surface area contributed by atoms with Crippen molar-refractivity contribution in [1.29, 1.82) is 0 Å². The molecular weight excluding hydrogens is 356 g/mol. The van der Waals surface area contributed by atoms with Crippen LogP contribution in [0.2, 0.25) is 0 Å². The second kappa shape index (κ2) is 7.91. The van der Waals surface area contributed by atoms with Crippen LogP contribution in [0, 0.1) is 0 Å². The normalized spacial score (nSPS) is 12.0. The van der Waals surface area contributed by atoms with Gasteiger partial charge in [0.15, 0.2) is 6.04 Å². The number of hydrogen-bond donors (Lipinski definition) is 1. The van der Waals surface area contributed by atoms with Crippen molar-refractivity contribution in [2.24, 2.45) is 0 Å². The number of tetrazole rings is 1. The van der Waals surface area contributed by atoms with Gasteiger partial charge in [0.05, 0.1) is 7.11 Å². The average molecular weight is 376 g/mol. The number of fused-ring (bicyclic) bond motifs is 1. The van der Waals surface area contributed by atoms with E-state index in [1.54, 1.807) is 7.11 Å². The Bertz CT molecular complexity index is 1060. The molecule has 8 nitrogen and oxygen atoms in total. The van der Waals surface area contributed by atoms with Crippen molar-refractivity contribution < 1.29 is 9.53 Å². The van der Waals surface area contributed by atoms with Gasteiger partial charge in [0, 0.05) is 30.2 Å². The summed E-state index contributed by atoms with van der Waals surface area (Å²) in [5, 5.41) is 15.3. The van der Waals surface area contributed by atoms with Crippen molar-refractivity contribution in [3.63, 3.8) is 0 Å². The highest BCUT2D eigenvalue weighted by atomic mass is 16.5. The molecule has 8 heteroatoms. The summed E-state index contributed by atoms with van der Waals surface area (Å²) in [7, 11) is 1.65. The SMILES string of the molecule is COc1ccc2c(ccn2CCNC(=O)[C@@H](c2ccccc2)n2cnnn2)c1. The minimum absolute atomic E-state index is 0.156. The topological polar surface area (TPSA) is 86.9 Å². The van der Waals surface area contributed by atoms with Crippen molar-refractivity contribution in [2.45, 2.75) is 12.6 Å². The van der Waals surface area contributed by atoms with Gasteiger partial charge in [0.2, 0.25) is 5.91 Å². The summed E-state index contributed by atoms with van der Waals surface area (Å²) in [6.07, 6.45) is 3.45. The van der Waals surface area contributed by atoms with Crippen molar-refractivity contribution in [3.05, 3.63) is 72.7 Å². The van der Waals surface area contributed by atoms with E-state index in [1.807, 2.05) is 60.8 Å². The van der Waals surface area contributed by atoms with Gasteiger partial charge >= 0.3 is 0 Å². The Morgan fingerprint density at radius 2 is 2.04 bits per heavy atom. The first kappa shape index (κ1) is 17.7. The van der Waals surface area contributed by atoms with Gasteiger partial charge in [-0.3, -0.25) is 4.79 Å². The quantitative estimate of drug-likeness (QED) is 0.533. The lowest BCUT2D eigenvalue weighted by Gasteiger charge is -2.17. The van der Waals surface area contributed by atoms with Crippen LogP contribution in [0.15, 0.2) is 67.1 Å². The Morgan fingerprint density at radius 1 is 1.18 bits per heavy atom. The van der Waals surface area contributed by atoms with Gasteiger partial charge in [-0.15, -0.1) is 5.10 Å². The number of benzene rings is 2. The van der Waals surface area contributed by atoms with E-state index < -0.39 is 6.04 Å². The lowest BCUT2D eigenvalue weighted by molar-refractivity contribution is -0.123. The Hall–Kier alpha value is -3.68. The zero-order valence-corrected chi connectivity index (χ0v) is 15.4. The molecule has 0 unspecified atom stereocenters. The smallest absolute Gasteiger partial charge is 0.249 e. The number of carbonyl (C=O) groups is 1. The first-order valence-corrected chi connectivity index (χ1v) is 8.94. The predicted molar refractivity (Wildman–Crippen MR) is 104 cm³/mol. The molecule has 1 atom stereocenters. The van der Waals surface area contributed by atoms with Gasteiger partial charge < -0.3 is 14.6 Å². The van der Waals surface area contributed by atoms with E-state index in [0.717, 1.165) is 22.2 Å². The number of aromatic nitrogens is 5. The summed E-state index contributed by atoms with van der Waals surface area (Å²) in [6.45, 7) is 1.14. The number of nitrogens with zero attached hydrogens (tertiary/aromatic N) is 5. The molecule has 2 aromatic heterocycles. The number of amides is 1. The molecule has 0 aliphatic carbocycles. The number of rotatable bonds is 7. The molecule has 0 saturated carbocycles. The molecule has 142 valence electrons. The molecule has 2 aromatic carbocycles. The summed E-state index contributed by atoms with van der Waals surface area (Å²) in [6, 6.07) is 16.8. The third-order valence-corrected chi connectivity index (χ3v) is 4.62. The lowest BCUT2D eigenvalue weighted by Crippen LogP contribution is -2.35. The van der Waals surface area contributed by atoms with E-state index in [-0.39, 0.29) is 5.91 Å². The van der Waals surface area contributed by atoms with Crippen LogP contribution in [0.4, 0.5) is 0 Å². The Kier molecular flexibility index (Phi) is 5.01. The second-order valence-electron chi connectivity index (χ2n) is 6.33. The van der Waals surface area contributed by atoms with E-state index >= 15 is 0 Å². The largest absolute Gasteiger partial charge is 0.497 e. The van der Waals surface area contributed by atoms with Crippen LogP contribution in [0.1, 0.15) is 11.6 Å². The average Bonchev–Trinajstić information content (AvgIpc) is 3.39. The number of methoxy groups -OCH3 is 1. The fraction of sp³-hybridized carbons (Fsp3) is 0.200. The molecule has 0 aliphatic heterocycles. The van der Waals surface area contributed by atoms with Crippen molar-refractivity contribution in [3.8, 4) is 5.75 Å². The second-order valence-corrected chi connectivity index (χ2v) is 6.33. The molecule has 2 heterocycles. The van der Waals surface area contributed by atoms with Gasteiger partial charge in [0.25, 0.3) is 0 Å². The maximum Gasteiger partial charge on any atom is 0.249 e. The molecule has 0 bridgehead atoms. The van der Waals surface area contributed by atoms with E-state index in [1.165, 1.54) is 11.0 Å². The van der Waals surface area contributed by atoms with Crippen LogP contribution in [0.5, 0.6) is 5.75 Å². The maximum atomic E-state index is 12.9. The summed E-state index contributed by atoms with van der Waals surface area (Å²) in [5.74, 6) is 0.669. The standard InChI is InChI=1S/C20H20N6O2/c1-28-17-7-8-18-16(13-17)9-11-25(18)12-10-21-20(27)19(26-14-22-23-24-26)15-5-3-2-4-6-15/h2-9,11,13-14,19H,10,12H2,1H3,(H,21,27)/t19-/m1/s1. The summed E-state index contributed by atoms with van der Waals surface area (Å²) < 4.78 is 8.82. The van der Waals surface area contributed by atoms with Crippen molar-refractivity contribution in [2.75, 3.05) is 13.7 Å². The highest BCUT2D eigenvalue weighted by molar-refractivity contribution is 5.83. The lowest BCUT2D eigenvalue weighted by atomic mass is 10.1. The molecule has 0 fully saturated rings. The van der Waals surface area contributed by atoms with E-state index in [0.29, 0.717) is 13.1 Å². The minimum Gasteiger partial charge on any atom is -0.497 e. The van der Waals surface area contributed by atoms with Crippen LogP contribution in [-0.2, 0) is 11.3 Å². The van der Waals surface area contributed by atoms with Gasteiger partial charge in [-0.25, -0.2) is 4.68 Å². The van der Waals surface area contributed by atoms with Crippen LogP contribution >= 0.6 is 0 Å². The van der Waals surface area contributed by atoms with Crippen molar-refractivity contribution in [1.82, 2.24) is 30.1 Å². The molecule has 4 aromatic rings. The first-order valence-electron chi connectivity index (χ1n) is 8.94. The van der Waals surface area contributed by atoms with Gasteiger partial charge in [-0.1, -0.05) is 30.3 Å². The Balaban J connectivity index is 1.46. The summed E-state index contributed by atoms with van der Waals surface area (Å²) >= 11 is 0. The first-order chi connectivity index (χ1) is 13.8. The third kappa shape index (κ3) is 3.57. The molecule has 0 saturated heterocycles. The minimum atomic E-state index is -0.609. The van der Waals surface area contributed by atoms with Crippen LogP contribution in [-0.4, -0.2) is 44.3 Å². The van der Waals surface area contributed by atoms with Gasteiger partial charge in [0.1, 0.15) is 12.1 Å². The van der Waals surface area contributed by atoms with Gasteiger partial charge in [-0.2, -0.15) is 0 Å². The zero-order chi connectivity index (χ0) is 19.3. The number of hydrogen-bond acceptors (Lipinski definition) is 5. The molecule has 1 N–H and O–H groups in total. The maximum absolute atomic E-state index is 12.9.